The lowest BCUT2D eigenvalue weighted by atomic mass is 10.0. The van der Waals surface area contributed by atoms with E-state index in [0.717, 1.165) is 30.6 Å². The average Bonchev–Trinajstić information content (AvgIpc) is 3.09. The average molecular weight is 368 g/mol. The number of carbonyl (C=O) groups is 2. The Kier molecular flexibility index (Phi) is 5.89. The lowest BCUT2D eigenvalue weighted by Gasteiger charge is -2.16. The predicted octanol–water partition coefficient (Wildman–Crippen LogP) is 2.68. The molecule has 0 spiro atoms. The molecule has 2 aliphatic rings. The molecule has 3 rings (SSSR count). The number of hydrogen-bond donors (Lipinski definition) is 3. The first-order valence-electron chi connectivity index (χ1n) is 8.31. The van der Waals surface area contributed by atoms with Crippen LogP contribution in [-0.4, -0.2) is 35.0 Å². The molecule has 0 radical (unpaired) electrons. The fourth-order valence-corrected chi connectivity index (χ4v) is 4.97. The molecule has 2 aliphatic heterocycles. The molecule has 3 N–H and O–H groups in total. The van der Waals surface area contributed by atoms with Crippen LogP contribution in [0.1, 0.15) is 31.2 Å². The molecule has 2 fully saturated rings. The van der Waals surface area contributed by atoms with Crippen molar-refractivity contribution in [2.24, 2.45) is 0 Å². The van der Waals surface area contributed by atoms with E-state index < -0.39 is 0 Å². The Balaban J connectivity index is 1.30. The van der Waals surface area contributed by atoms with Gasteiger partial charge < -0.3 is 16.0 Å². The molecule has 0 saturated carbocycles. The maximum absolute atomic E-state index is 11.9. The van der Waals surface area contributed by atoms with Crippen LogP contribution in [-0.2, 0) is 11.3 Å². The van der Waals surface area contributed by atoms with Gasteiger partial charge in [-0.3, -0.25) is 4.79 Å². The lowest BCUT2D eigenvalue weighted by Crippen LogP contribution is -2.36. The third-order valence-corrected chi connectivity index (χ3v) is 6.20. The van der Waals surface area contributed by atoms with Gasteiger partial charge in [0, 0.05) is 29.0 Å². The van der Waals surface area contributed by atoms with Crippen LogP contribution in [0.5, 0.6) is 0 Å². The van der Waals surface area contributed by atoms with Gasteiger partial charge in [0.15, 0.2) is 0 Å². The summed E-state index contributed by atoms with van der Waals surface area (Å²) in [5, 5.41) is 10.0. The molecule has 0 bridgehead atoms. The van der Waals surface area contributed by atoms with Crippen LogP contribution in [0, 0.1) is 0 Å². The highest BCUT2D eigenvalue weighted by Gasteiger charge is 2.42. The van der Waals surface area contributed by atoms with Crippen molar-refractivity contribution in [2.75, 3.05) is 5.75 Å². The second-order valence-electron chi connectivity index (χ2n) is 6.27. The highest BCUT2D eigenvalue weighted by atomic mass is 35.5. The third kappa shape index (κ3) is 4.57. The number of hydrogen-bond acceptors (Lipinski definition) is 3. The molecule has 3 atom stereocenters. The fourth-order valence-electron chi connectivity index (χ4n) is 3.21. The van der Waals surface area contributed by atoms with Gasteiger partial charge in [-0.2, -0.15) is 11.8 Å². The van der Waals surface area contributed by atoms with Crippen molar-refractivity contribution in [3.05, 3.63) is 34.9 Å². The molecule has 24 heavy (non-hydrogen) atoms. The van der Waals surface area contributed by atoms with Gasteiger partial charge in [-0.05, 0) is 30.5 Å². The van der Waals surface area contributed by atoms with Crippen molar-refractivity contribution in [1.82, 2.24) is 16.0 Å². The van der Waals surface area contributed by atoms with E-state index in [1.54, 1.807) is 0 Å². The highest BCUT2D eigenvalue weighted by Crippen LogP contribution is 2.33. The first-order valence-corrected chi connectivity index (χ1v) is 9.74. The van der Waals surface area contributed by atoms with Gasteiger partial charge in [0.05, 0.1) is 12.1 Å². The van der Waals surface area contributed by atoms with Gasteiger partial charge in [0.25, 0.3) is 0 Å². The maximum Gasteiger partial charge on any atom is 0.315 e. The minimum atomic E-state index is -0.0457. The van der Waals surface area contributed by atoms with Gasteiger partial charge in [-0.25, -0.2) is 4.79 Å². The topological polar surface area (TPSA) is 70.2 Å². The Bertz CT molecular complexity index is 613. The Morgan fingerprint density at radius 3 is 3.04 bits per heavy atom. The van der Waals surface area contributed by atoms with Gasteiger partial charge in [0.1, 0.15) is 0 Å². The number of unbranched alkanes of at least 4 members (excludes halogenated alkanes) is 1. The van der Waals surface area contributed by atoms with E-state index in [0.29, 0.717) is 23.2 Å². The SMILES string of the molecule is O=C(CCCC[C@H]1SC[C@@H]2NC(=O)N[C@H]21)NCc1cccc(Cl)c1. The zero-order valence-corrected chi connectivity index (χ0v) is 15.0. The van der Waals surface area contributed by atoms with Crippen molar-refractivity contribution >= 4 is 35.3 Å². The predicted molar refractivity (Wildman–Crippen MR) is 97.3 cm³/mol. The molecule has 0 aromatic heterocycles. The maximum atomic E-state index is 11.9. The molecular formula is C17H22ClN3O2S. The molecule has 0 aliphatic carbocycles. The fraction of sp³-hybridized carbons (Fsp3) is 0.529. The number of nitrogens with one attached hydrogen (secondary N) is 3. The second-order valence-corrected chi connectivity index (χ2v) is 7.98. The van der Waals surface area contributed by atoms with E-state index in [9.17, 15) is 9.59 Å². The molecular weight excluding hydrogens is 346 g/mol. The van der Waals surface area contributed by atoms with Gasteiger partial charge in [-0.1, -0.05) is 30.2 Å². The smallest absolute Gasteiger partial charge is 0.315 e. The Morgan fingerprint density at radius 1 is 1.33 bits per heavy atom. The van der Waals surface area contributed by atoms with Crippen molar-refractivity contribution in [3.8, 4) is 0 Å². The highest BCUT2D eigenvalue weighted by molar-refractivity contribution is 8.00. The lowest BCUT2D eigenvalue weighted by molar-refractivity contribution is -0.121. The monoisotopic (exact) mass is 367 g/mol. The van der Waals surface area contributed by atoms with E-state index >= 15 is 0 Å². The number of fused-ring (bicyclic) bond motifs is 1. The molecule has 130 valence electrons. The molecule has 0 unspecified atom stereocenters. The minimum absolute atomic E-state index is 0.0457. The van der Waals surface area contributed by atoms with Crippen molar-refractivity contribution in [1.29, 1.82) is 0 Å². The molecule has 2 heterocycles. The zero-order valence-electron chi connectivity index (χ0n) is 13.4. The van der Waals surface area contributed by atoms with Crippen molar-refractivity contribution < 1.29 is 9.59 Å². The first-order chi connectivity index (χ1) is 11.6. The number of carbonyl (C=O) groups excluding carboxylic acids is 2. The number of benzene rings is 1. The van der Waals surface area contributed by atoms with E-state index in [2.05, 4.69) is 16.0 Å². The van der Waals surface area contributed by atoms with E-state index in [-0.39, 0.29) is 24.0 Å². The summed E-state index contributed by atoms with van der Waals surface area (Å²) in [5.41, 5.74) is 1.01. The summed E-state index contributed by atoms with van der Waals surface area (Å²) in [6.07, 6.45) is 3.45. The van der Waals surface area contributed by atoms with Crippen LogP contribution in [0.15, 0.2) is 24.3 Å². The van der Waals surface area contributed by atoms with E-state index in [1.807, 2.05) is 36.0 Å². The summed E-state index contributed by atoms with van der Waals surface area (Å²) in [4.78, 5) is 23.2. The molecule has 7 heteroatoms. The molecule has 2 saturated heterocycles. The van der Waals surface area contributed by atoms with Gasteiger partial charge in [-0.15, -0.1) is 0 Å². The van der Waals surface area contributed by atoms with Gasteiger partial charge >= 0.3 is 6.03 Å². The van der Waals surface area contributed by atoms with E-state index in [4.69, 9.17) is 11.6 Å². The summed E-state index contributed by atoms with van der Waals surface area (Å²) in [6.45, 7) is 0.513. The van der Waals surface area contributed by atoms with Crippen LogP contribution < -0.4 is 16.0 Å². The van der Waals surface area contributed by atoms with Gasteiger partial charge in [0.2, 0.25) is 5.91 Å². The van der Waals surface area contributed by atoms with Crippen LogP contribution >= 0.6 is 23.4 Å². The molecule has 5 nitrogen and oxygen atoms in total. The first kappa shape index (κ1) is 17.4. The number of urea groups is 1. The summed E-state index contributed by atoms with van der Waals surface area (Å²) in [5.74, 6) is 1.05. The van der Waals surface area contributed by atoms with Crippen molar-refractivity contribution in [3.63, 3.8) is 0 Å². The second kappa shape index (κ2) is 8.12. The van der Waals surface area contributed by atoms with Crippen molar-refractivity contribution in [2.45, 2.75) is 49.6 Å². The Morgan fingerprint density at radius 2 is 2.21 bits per heavy atom. The normalized spacial score (nSPS) is 25.0. The Hall–Kier alpha value is -1.40. The standard InChI is InChI=1S/C17H22ClN3O2S/c18-12-5-3-4-11(8-12)9-19-15(22)7-2-1-6-14-16-13(10-24-14)20-17(23)21-16/h3-5,8,13-14,16H,1-2,6-7,9-10H2,(H,19,22)(H2,20,21,23)/t13-,14+,16+/m0/s1. The quantitative estimate of drug-likeness (QED) is 0.512. The third-order valence-electron chi connectivity index (χ3n) is 4.46. The minimum Gasteiger partial charge on any atom is -0.352 e. The summed E-state index contributed by atoms with van der Waals surface area (Å²) < 4.78 is 0. The summed E-state index contributed by atoms with van der Waals surface area (Å²) in [7, 11) is 0. The number of amides is 3. The largest absolute Gasteiger partial charge is 0.352 e. The zero-order chi connectivity index (χ0) is 16.9. The molecule has 1 aromatic carbocycles. The van der Waals surface area contributed by atoms with E-state index in [1.165, 1.54) is 0 Å². The molecule has 1 aromatic rings. The Labute approximate surface area is 151 Å². The number of thioether (sulfide) groups is 1. The van der Waals surface area contributed by atoms with Crippen LogP contribution in [0.2, 0.25) is 5.02 Å². The molecule has 3 amide bonds. The summed E-state index contributed by atoms with van der Waals surface area (Å²) in [6, 6.07) is 7.99. The van der Waals surface area contributed by atoms with Crippen LogP contribution in [0.3, 0.4) is 0 Å². The van der Waals surface area contributed by atoms with Crippen LogP contribution in [0.4, 0.5) is 4.79 Å². The summed E-state index contributed by atoms with van der Waals surface area (Å²) >= 11 is 7.84. The number of rotatable bonds is 7. The number of halogens is 1. The van der Waals surface area contributed by atoms with Crippen LogP contribution in [0.25, 0.3) is 0 Å².